The highest BCUT2D eigenvalue weighted by Gasteiger charge is 2.34. The van der Waals surface area contributed by atoms with Gasteiger partial charge in [0.1, 0.15) is 0 Å². The lowest BCUT2D eigenvalue weighted by molar-refractivity contribution is 0.114. The Kier molecular flexibility index (Phi) is 4.45. The Labute approximate surface area is 94.4 Å². The molecule has 0 amide bonds. The largest absolute Gasteiger partial charge is 0.315 e. The molecule has 0 spiro atoms. The average Bonchev–Trinajstić information content (AvgIpc) is 2.73. The van der Waals surface area contributed by atoms with Gasteiger partial charge in [0.05, 0.1) is 0 Å². The first kappa shape index (κ1) is 11.4. The molecule has 1 saturated heterocycles. The maximum absolute atomic E-state index is 3.52. The van der Waals surface area contributed by atoms with Crippen LogP contribution in [0.3, 0.4) is 0 Å². The average molecular weight is 210 g/mol. The van der Waals surface area contributed by atoms with Crippen LogP contribution in [0.5, 0.6) is 0 Å². The van der Waals surface area contributed by atoms with E-state index in [1.54, 1.807) is 0 Å². The Bertz CT molecular complexity index is 181. The van der Waals surface area contributed by atoms with Crippen LogP contribution in [-0.4, -0.2) is 37.1 Å². The standard InChI is InChI=1S/C13H26N2/c1-2-8-14-9-11-15-10-4-6-12-5-3-7-13(12)15/h12-14H,2-11H2,1H3. The second kappa shape index (κ2) is 5.86. The first-order valence-corrected chi connectivity index (χ1v) is 6.86. The number of likely N-dealkylation sites (tertiary alicyclic amines) is 1. The van der Waals surface area contributed by atoms with E-state index in [9.17, 15) is 0 Å². The number of nitrogens with zero attached hydrogens (tertiary/aromatic N) is 1. The third-order valence-electron chi connectivity index (χ3n) is 4.11. The van der Waals surface area contributed by atoms with Crippen LogP contribution in [0.2, 0.25) is 0 Å². The molecule has 2 rings (SSSR count). The van der Waals surface area contributed by atoms with E-state index >= 15 is 0 Å². The lowest BCUT2D eigenvalue weighted by Crippen LogP contribution is -2.45. The van der Waals surface area contributed by atoms with E-state index < -0.39 is 0 Å². The fourth-order valence-electron chi connectivity index (χ4n) is 3.36. The van der Waals surface area contributed by atoms with Gasteiger partial charge in [0.25, 0.3) is 0 Å². The minimum absolute atomic E-state index is 0.946. The van der Waals surface area contributed by atoms with Gasteiger partial charge in [0.2, 0.25) is 0 Å². The molecule has 88 valence electrons. The van der Waals surface area contributed by atoms with Crippen molar-refractivity contribution in [1.29, 1.82) is 0 Å². The number of rotatable bonds is 5. The molecule has 15 heavy (non-hydrogen) atoms. The second-order valence-corrected chi connectivity index (χ2v) is 5.19. The Hall–Kier alpha value is -0.0800. The van der Waals surface area contributed by atoms with Crippen molar-refractivity contribution in [3.05, 3.63) is 0 Å². The predicted octanol–water partition coefficient (Wildman–Crippen LogP) is 2.25. The summed E-state index contributed by atoms with van der Waals surface area (Å²) in [6.07, 6.45) is 8.65. The van der Waals surface area contributed by atoms with Gasteiger partial charge in [0.15, 0.2) is 0 Å². The molecule has 0 aromatic carbocycles. The molecule has 1 N–H and O–H groups in total. The molecule has 2 nitrogen and oxygen atoms in total. The minimum atomic E-state index is 0.946. The van der Waals surface area contributed by atoms with E-state index in [2.05, 4.69) is 17.1 Å². The molecular weight excluding hydrogens is 184 g/mol. The highest BCUT2D eigenvalue weighted by molar-refractivity contribution is 4.89. The van der Waals surface area contributed by atoms with Crippen LogP contribution in [0.15, 0.2) is 0 Å². The van der Waals surface area contributed by atoms with Crippen molar-refractivity contribution < 1.29 is 0 Å². The summed E-state index contributed by atoms with van der Waals surface area (Å²) in [6, 6.07) is 0.946. The minimum Gasteiger partial charge on any atom is -0.315 e. The SMILES string of the molecule is CCCNCCN1CCCC2CCCC21. The summed E-state index contributed by atoms with van der Waals surface area (Å²) in [6.45, 7) is 7.25. The third-order valence-corrected chi connectivity index (χ3v) is 4.11. The highest BCUT2D eigenvalue weighted by Crippen LogP contribution is 2.36. The summed E-state index contributed by atoms with van der Waals surface area (Å²) >= 11 is 0. The lowest BCUT2D eigenvalue weighted by Gasteiger charge is -2.37. The molecule has 2 fully saturated rings. The van der Waals surface area contributed by atoms with Crippen LogP contribution in [0, 0.1) is 5.92 Å². The van der Waals surface area contributed by atoms with Gasteiger partial charge in [0, 0.05) is 19.1 Å². The molecule has 0 bridgehead atoms. The summed E-state index contributed by atoms with van der Waals surface area (Å²) in [5, 5.41) is 3.52. The van der Waals surface area contributed by atoms with E-state index in [0.29, 0.717) is 0 Å². The van der Waals surface area contributed by atoms with Gasteiger partial charge >= 0.3 is 0 Å². The first-order chi connectivity index (χ1) is 7.42. The van der Waals surface area contributed by atoms with E-state index in [1.807, 2.05) is 0 Å². The number of hydrogen-bond acceptors (Lipinski definition) is 2. The van der Waals surface area contributed by atoms with Crippen molar-refractivity contribution in [2.45, 2.75) is 51.5 Å². The van der Waals surface area contributed by atoms with E-state index in [-0.39, 0.29) is 0 Å². The van der Waals surface area contributed by atoms with Crippen molar-refractivity contribution in [2.24, 2.45) is 5.92 Å². The van der Waals surface area contributed by atoms with Crippen LogP contribution < -0.4 is 5.32 Å². The highest BCUT2D eigenvalue weighted by atomic mass is 15.2. The maximum Gasteiger partial charge on any atom is 0.0124 e. The smallest absolute Gasteiger partial charge is 0.0124 e. The number of hydrogen-bond donors (Lipinski definition) is 1. The number of piperidine rings is 1. The molecule has 0 radical (unpaired) electrons. The monoisotopic (exact) mass is 210 g/mol. The zero-order valence-electron chi connectivity index (χ0n) is 10.2. The quantitative estimate of drug-likeness (QED) is 0.700. The summed E-state index contributed by atoms with van der Waals surface area (Å²) in [5.74, 6) is 1.05. The molecular formula is C13H26N2. The molecule has 2 heteroatoms. The van der Waals surface area contributed by atoms with Crippen LogP contribution in [0.1, 0.15) is 45.4 Å². The Morgan fingerprint density at radius 2 is 2.00 bits per heavy atom. The van der Waals surface area contributed by atoms with Gasteiger partial charge in [-0.1, -0.05) is 13.3 Å². The van der Waals surface area contributed by atoms with Gasteiger partial charge in [-0.3, -0.25) is 4.90 Å². The van der Waals surface area contributed by atoms with Gasteiger partial charge in [-0.25, -0.2) is 0 Å². The van der Waals surface area contributed by atoms with Gasteiger partial charge in [-0.2, -0.15) is 0 Å². The molecule has 1 aliphatic heterocycles. The van der Waals surface area contributed by atoms with Crippen molar-refractivity contribution >= 4 is 0 Å². The van der Waals surface area contributed by atoms with Crippen molar-refractivity contribution in [3.63, 3.8) is 0 Å². The summed E-state index contributed by atoms with van der Waals surface area (Å²) < 4.78 is 0. The first-order valence-electron chi connectivity index (χ1n) is 6.86. The zero-order chi connectivity index (χ0) is 10.5. The van der Waals surface area contributed by atoms with Crippen LogP contribution in [-0.2, 0) is 0 Å². The Morgan fingerprint density at radius 1 is 1.13 bits per heavy atom. The fraction of sp³-hybridized carbons (Fsp3) is 1.00. The normalized spacial score (nSPS) is 31.8. The molecule has 0 aromatic rings. The van der Waals surface area contributed by atoms with E-state index in [1.165, 1.54) is 64.7 Å². The third kappa shape index (κ3) is 2.94. The zero-order valence-corrected chi connectivity index (χ0v) is 10.2. The summed E-state index contributed by atoms with van der Waals surface area (Å²) in [7, 11) is 0. The molecule has 0 aromatic heterocycles. The van der Waals surface area contributed by atoms with Crippen molar-refractivity contribution in [2.75, 3.05) is 26.2 Å². The summed E-state index contributed by atoms with van der Waals surface area (Å²) in [5.41, 5.74) is 0. The van der Waals surface area contributed by atoms with Crippen LogP contribution >= 0.6 is 0 Å². The topological polar surface area (TPSA) is 15.3 Å². The fourth-order valence-corrected chi connectivity index (χ4v) is 3.36. The molecule has 1 heterocycles. The molecule has 2 aliphatic rings. The van der Waals surface area contributed by atoms with Gasteiger partial charge in [-0.05, 0) is 51.1 Å². The Morgan fingerprint density at radius 3 is 2.87 bits per heavy atom. The van der Waals surface area contributed by atoms with Crippen molar-refractivity contribution in [3.8, 4) is 0 Å². The summed E-state index contributed by atoms with van der Waals surface area (Å²) in [4.78, 5) is 2.75. The van der Waals surface area contributed by atoms with Gasteiger partial charge in [-0.15, -0.1) is 0 Å². The van der Waals surface area contributed by atoms with Crippen LogP contribution in [0.25, 0.3) is 0 Å². The van der Waals surface area contributed by atoms with E-state index in [0.717, 1.165) is 12.0 Å². The van der Waals surface area contributed by atoms with E-state index in [4.69, 9.17) is 0 Å². The van der Waals surface area contributed by atoms with Gasteiger partial charge < -0.3 is 5.32 Å². The number of fused-ring (bicyclic) bond motifs is 1. The molecule has 2 atom stereocenters. The molecule has 1 aliphatic carbocycles. The van der Waals surface area contributed by atoms with Crippen LogP contribution in [0.4, 0.5) is 0 Å². The second-order valence-electron chi connectivity index (χ2n) is 5.19. The molecule has 1 saturated carbocycles. The Balaban J connectivity index is 1.71. The predicted molar refractivity (Wildman–Crippen MR) is 65.1 cm³/mol. The lowest BCUT2D eigenvalue weighted by atomic mass is 9.92. The number of nitrogens with one attached hydrogen (secondary N) is 1. The van der Waals surface area contributed by atoms with Crippen molar-refractivity contribution in [1.82, 2.24) is 10.2 Å². The maximum atomic E-state index is 3.52. The molecule has 2 unspecified atom stereocenters.